The SMILES string of the molecule is CCCOC(=O)CC(C)(CC(CC)C(=O)N(C)C)C(=O)OCCNC(=O)OC(C)(C)C. The van der Waals surface area contributed by atoms with Crippen molar-refractivity contribution in [2.45, 2.75) is 72.8 Å². The molecule has 0 fully saturated rings. The predicted octanol–water partition coefficient (Wildman–Crippen LogP) is 2.91. The summed E-state index contributed by atoms with van der Waals surface area (Å²) in [6, 6.07) is 0. The fourth-order valence-corrected chi connectivity index (χ4v) is 2.91. The number of esters is 2. The average molecular weight is 445 g/mol. The molecular formula is C22H40N2O7. The molecule has 0 saturated carbocycles. The van der Waals surface area contributed by atoms with Crippen molar-refractivity contribution < 1.29 is 33.4 Å². The van der Waals surface area contributed by atoms with Crippen LogP contribution in [-0.2, 0) is 28.6 Å². The van der Waals surface area contributed by atoms with E-state index in [1.807, 2.05) is 13.8 Å². The molecule has 1 N–H and O–H groups in total. The predicted molar refractivity (Wildman–Crippen MR) is 116 cm³/mol. The molecule has 9 nitrogen and oxygen atoms in total. The van der Waals surface area contributed by atoms with Crippen molar-refractivity contribution in [3.05, 3.63) is 0 Å². The lowest BCUT2D eigenvalue weighted by atomic mass is 9.77. The highest BCUT2D eigenvalue weighted by atomic mass is 16.6. The summed E-state index contributed by atoms with van der Waals surface area (Å²) in [5.41, 5.74) is -1.87. The number of alkyl carbamates (subject to hydrolysis) is 1. The van der Waals surface area contributed by atoms with Crippen molar-refractivity contribution >= 4 is 23.9 Å². The highest BCUT2D eigenvalue weighted by Crippen LogP contribution is 2.34. The Morgan fingerprint density at radius 2 is 1.58 bits per heavy atom. The smallest absolute Gasteiger partial charge is 0.407 e. The largest absolute Gasteiger partial charge is 0.466 e. The molecule has 0 aromatic heterocycles. The molecule has 0 saturated heterocycles. The van der Waals surface area contributed by atoms with E-state index >= 15 is 0 Å². The molecule has 2 unspecified atom stereocenters. The number of ether oxygens (including phenoxy) is 3. The molecule has 0 radical (unpaired) electrons. The van der Waals surface area contributed by atoms with Crippen LogP contribution in [0.5, 0.6) is 0 Å². The number of amides is 2. The molecule has 2 amide bonds. The Morgan fingerprint density at radius 3 is 2.06 bits per heavy atom. The number of carbonyl (C=O) groups excluding carboxylic acids is 4. The molecule has 31 heavy (non-hydrogen) atoms. The van der Waals surface area contributed by atoms with E-state index < -0.39 is 35.0 Å². The van der Waals surface area contributed by atoms with Gasteiger partial charge in [-0.15, -0.1) is 0 Å². The summed E-state index contributed by atoms with van der Waals surface area (Å²) in [4.78, 5) is 50.8. The number of hydrogen-bond acceptors (Lipinski definition) is 7. The Labute approximate surface area is 186 Å². The normalized spacial score (nSPS) is 14.1. The van der Waals surface area contributed by atoms with Crippen LogP contribution in [0, 0.1) is 11.3 Å². The molecule has 2 atom stereocenters. The zero-order valence-electron chi connectivity index (χ0n) is 20.3. The van der Waals surface area contributed by atoms with Gasteiger partial charge in [0.25, 0.3) is 0 Å². The molecule has 9 heteroatoms. The molecular weight excluding hydrogens is 404 g/mol. The van der Waals surface area contributed by atoms with Crippen molar-refractivity contribution in [3.8, 4) is 0 Å². The Bertz CT molecular complexity index is 613. The molecule has 180 valence electrons. The van der Waals surface area contributed by atoms with Gasteiger partial charge in [0, 0.05) is 20.0 Å². The van der Waals surface area contributed by atoms with E-state index in [2.05, 4.69) is 5.32 Å². The minimum absolute atomic E-state index is 0.0604. The van der Waals surface area contributed by atoms with Crippen LogP contribution < -0.4 is 5.32 Å². The monoisotopic (exact) mass is 444 g/mol. The first-order chi connectivity index (χ1) is 14.3. The van der Waals surface area contributed by atoms with Crippen LogP contribution in [0.3, 0.4) is 0 Å². The summed E-state index contributed by atoms with van der Waals surface area (Å²) in [6.07, 6.45) is 0.532. The third kappa shape index (κ3) is 11.6. The Morgan fingerprint density at radius 1 is 0.968 bits per heavy atom. The van der Waals surface area contributed by atoms with Gasteiger partial charge in [0.2, 0.25) is 5.91 Å². The molecule has 0 rings (SSSR count). The van der Waals surface area contributed by atoms with E-state index in [9.17, 15) is 19.2 Å². The van der Waals surface area contributed by atoms with E-state index in [0.29, 0.717) is 12.8 Å². The number of nitrogens with zero attached hydrogens (tertiary/aromatic N) is 1. The minimum atomic E-state index is -1.23. The Balaban J connectivity index is 5.13. The molecule has 0 heterocycles. The van der Waals surface area contributed by atoms with Crippen LogP contribution in [0.2, 0.25) is 0 Å². The van der Waals surface area contributed by atoms with E-state index in [-0.39, 0.29) is 38.5 Å². The van der Waals surface area contributed by atoms with Crippen LogP contribution in [-0.4, -0.2) is 68.3 Å². The third-order valence-electron chi connectivity index (χ3n) is 4.48. The zero-order valence-corrected chi connectivity index (χ0v) is 20.3. The molecule has 0 aliphatic carbocycles. The number of hydrogen-bond donors (Lipinski definition) is 1. The average Bonchev–Trinajstić information content (AvgIpc) is 2.65. The highest BCUT2D eigenvalue weighted by molar-refractivity contribution is 5.85. The first-order valence-electron chi connectivity index (χ1n) is 10.8. The minimum Gasteiger partial charge on any atom is -0.466 e. The maximum absolute atomic E-state index is 12.9. The molecule has 0 bridgehead atoms. The lowest BCUT2D eigenvalue weighted by Gasteiger charge is -2.31. The fraction of sp³-hybridized carbons (Fsp3) is 0.818. The van der Waals surface area contributed by atoms with E-state index in [4.69, 9.17) is 14.2 Å². The molecule has 0 aliphatic rings. The molecule has 0 aliphatic heterocycles. The number of carbonyl (C=O) groups is 4. The summed E-state index contributed by atoms with van der Waals surface area (Å²) in [5.74, 6) is -1.68. The van der Waals surface area contributed by atoms with Crippen LogP contribution in [0.25, 0.3) is 0 Å². The van der Waals surface area contributed by atoms with Gasteiger partial charge in [-0.05, 0) is 47.0 Å². The van der Waals surface area contributed by atoms with Gasteiger partial charge in [-0.1, -0.05) is 13.8 Å². The lowest BCUT2D eigenvalue weighted by Crippen LogP contribution is -2.40. The van der Waals surface area contributed by atoms with E-state index in [1.165, 1.54) is 4.90 Å². The van der Waals surface area contributed by atoms with Crippen LogP contribution in [0.1, 0.15) is 67.2 Å². The topological polar surface area (TPSA) is 111 Å². The summed E-state index contributed by atoms with van der Waals surface area (Å²) in [6.45, 7) is 10.8. The second kappa shape index (κ2) is 13.2. The summed E-state index contributed by atoms with van der Waals surface area (Å²) in [5, 5.41) is 2.51. The van der Waals surface area contributed by atoms with Gasteiger partial charge < -0.3 is 24.4 Å². The second-order valence-electron chi connectivity index (χ2n) is 9.06. The van der Waals surface area contributed by atoms with Gasteiger partial charge >= 0.3 is 18.0 Å². The highest BCUT2D eigenvalue weighted by Gasteiger charge is 2.41. The fourth-order valence-electron chi connectivity index (χ4n) is 2.91. The molecule has 0 aromatic carbocycles. The van der Waals surface area contributed by atoms with E-state index in [1.54, 1.807) is 41.8 Å². The van der Waals surface area contributed by atoms with Gasteiger partial charge in [-0.2, -0.15) is 0 Å². The first-order valence-corrected chi connectivity index (χ1v) is 10.8. The van der Waals surface area contributed by atoms with Gasteiger partial charge in [0.15, 0.2) is 0 Å². The summed E-state index contributed by atoms with van der Waals surface area (Å²) in [7, 11) is 3.30. The van der Waals surface area contributed by atoms with Crippen LogP contribution in [0.4, 0.5) is 4.79 Å². The van der Waals surface area contributed by atoms with Gasteiger partial charge in [0.05, 0.1) is 25.0 Å². The maximum atomic E-state index is 12.9. The van der Waals surface area contributed by atoms with Crippen molar-refractivity contribution in [2.75, 3.05) is 33.9 Å². The van der Waals surface area contributed by atoms with Crippen molar-refractivity contribution in [2.24, 2.45) is 11.3 Å². The molecule has 0 aromatic rings. The summed E-state index contributed by atoms with van der Waals surface area (Å²) < 4.78 is 15.6. The van der Waals surface area contributed by atoms with Gasteiger partial charge in [0.1, 0.15) is 12.2 Å². The van der Waals surface area contributed by atoms with Gasteiger partial charge in [-0.3, -0.25) is 14.4 Å². The Kier molecular flexibility index (Phi) is 12.2. The zero-order chi connectivity index (χ0) is 24.2. The Hall–Kier alpha value is -2.32. The first kappa shape index (κ1) is 28.7. The third-order valence-corrected chi connectivity index (χ3v) is 4.48. The van der Waals surface area contributed by atoms with E-state index in [0.717, 1.165) is 0 Å². The van der Waals surface area contributed by atoms with Crippen molar-refractivity contribution in [3.63, 3.8) is 0 Å². The lowest BCUT2D eigenvalue weighted by molar-refractivity contribution is -0.163. The molecule has 0 spiro atoms. The van der Waals surface area contributed by atoms with Gasteiger partial charge in [-0.25, -0.2) is 4.79 Å². The van der Waals surface area contributed by atoms with Crippen LogP contribution in [0.15, 0.2) is 0 Å². The van der Waals surface area contributed by atoms with Crippen LogP contribution >= 0.6 is 0 Å². The van der Waals surface area contributed by atoms with Crippen molar-refractivity contribution in [1.29, 1.82) is 0 Å². The quantitative estimate of drug-likeness (QED) is 0.280. The summed E-state index contributed by atoms with van der Waals surface area (Å²) >= 11 is 0. The second-order valence-corrected chi connectivity index (χ2v) is 9.06. The standard InChI is InChI=1S/C22H40N2O7/c1-9-12-29-17(25)15-22(6,14-16(10-2)18(26)24(7)8)19(27)30-13-11-23-20(28)31-21(3,4)5/h16H,9-15H2,1-8H3,(H,23,28). The number of nitrogens with one attached hydrogen (secondary N) is 1. The van der Waals surface area contributed by atoms with Crippen molar-refractivity contribution in [1.82, 2.24) is 10.2 Å². The number of rotatable bonds is 12. The maximum Gasteiger partial charge on any atom is 0.407 e.